The second-order valence-corrected chi connectivity index (χ2v) is 10.2. The van der Waals surface area contributed by atoms with Crippen LogP contribution >= 0.6 is 0 Å². The fraction of sp³-hybridized carbons (Fsp3) is 0.952. The lowest BCUT2D eigenvalue weighted by atomic mass is 9.43. The lowest BCUT2D eigenvalue weighted by molar-refractivity contribution is -0.230. The second kappa shape index (κ2) is 5.76. The first kappa shape index (κ1) is 18.9. The summed E-state index contributed by atoms with van der Waals surface area (Å²) in [6.45, 7) is 5.72. The van der Waals surface area contributed by atoms with Crippen LogP contribution in [0.1, 0.15) is 65.7 Å². The molecule has 0 bridgehead atoms. The summed E-state index contributed by atoms with van der Waals surface area (Å²) in [4.78, 5) is 12.3. The smallest absolute Gasteiger partial charge is 0.161 e. The van der Waals surface area contributed by atoms with Crippen LogP contribution in [0, 0.1) is 34.5 Å². The van der Waals surface area contributed by atoms with E-state index in [0.717, 1.165) is 32.1 Å². The molecule has 0 aromatic rings. The Morgan fingerprint density at radius 3 is 2.19 bits per heavy atom. The molecule has 4 N–H and O–H groups in total. The Labute approximate surface area is 155 Å². The van der Waals surface area contributed by atoms with Gasteiger partial charge in [-0.2, -0.15) is 0 Å². The minimum atomic E-state index is -1.31. The Bertz CT molecular complexity index is 607. The van der Waals surface area contributed by atoms with E-state index in [0.29, 0.717) is 12.8 Å². The highest BCUT2D eigenvalue weighted by Crippen LogP contribution is 2.68. The van der Waals surface area contributed by atoms with Crippen LogP contribution in [0.5, 0.6) is 0 Å². The third-order valence-electron chi connectivity index (χ3n) is 9.46. The summed E-state index contributed by atoms with van der Waals surface area (Å²) in [5, 5.41) is 43.3. The third-order valence-corrected chi connectivity index (χ3v) is 9.46. The van der Waals surface area contributed by atoms with Crippen molar-refractivity contribution < 1.29 is 25.2 Å². The number of aliphatic hydroxyl groups excluding tert-OH is 3. The number of hydrogen-bond acceptors (Lipinski definition) is 5. The number of ketones is 1. The van der Waals surface area contributed by atoms with Gasteiger partial charge in [-0.1, -0.05) is 13.8 Å². The molecule has 148 valence electrons. The molecule has 0 radical (unpaired) electrons. The van der Waals surface area contributed by atoms with Crippen molar-refractivity contribution in [1.29, 1.82) is 0 Å². The largest absolute Gasteiger partial charge is 0.393 e. The van der Waals surface area contributed by atoms with Gasteiger partial charge in [-0.05, 0) is 81.0 Å². The normalized spacial score (nSPS) is 59.3. The molecule has 26 heavy (non-hydrogen) atoms. The highest BCUT2D eigenvalue weighted by Gasteiger charge is 2.69. The Balaban J connectivity index is 1.73. The van der Waals surface area contributed by atoms with Gasteiger partial charge in [0.2, 0.25) is 0 Å². The molecule has 10 atom stereocenters. The first-order valence-corrected chi connectivity index (χ1v) is 10.3. The number of aliphatic hydroxyl groups is 4. The summed E-state index contributed by atoms with van der Waals surface area (Å²) in [5.74, 6) is -0.0274. The van der Waals surface area contributed by atoms with E-state index in [1.807, 2.05) is 6.92 Å². The molecular weight excluding hydrogens is 332 g/mol. The van der Waals surface area contributed by atoms with E-state index < -0.39 is 29.3 Å². The standard InChI is InChI=1S/C21H34O5/c1-11(22)21(26)9-6-14-16-13(5-8-20(14,21)3)19(2)7-4-12(23)10-15(19)17(24)18(16)25/h12-18,23-26H,4-10H2,1-3H3/t12-,13-,14-,15+,16+,17-,18+,19+,20-,21-/m0/s1. The minimum absolute atomic E-state index is 0.0458. The zero-order chi connectivity index (χ0) is 19.1. The summed E-state index contributed by atoms with van der Waals surface area (Å²) in [7, 11) is 0. The van der Waals surface area contributed by atoms with E-state index in [1.54, 1.807) is 0 Å². The van der Waals surface area contributed by atoms with E-state index in [9.17, 15) is 25.2 Å². The van der Waals surface area contributed by atoms with Crippen LogP contribution < -0.4 is 0 Å². The van der Waals surface area contributed by atoms with Gasteiger partial charge < -0.3 is 20.4 Å². The predicted octanol–water partition coefficient (Wildman–Crippen LogP) is 1.65. The molecule has 0 saturated heterocycles. The first-order chi connectivity index (χ1) is 12.1. The van der Waals surface area contributed by atoms with E-state index >= 15 is 0 Å². The van der Waals surface area contributed by atoms with Crippen molar-refractivity contribution >= 4 is 5.78 Å². The van der Waals surface area contributed by atoms with Crippen LogP contribution in [0.3, 0.4) is 0 Å². The number of carbonyl (C=O) groups is 1. The molecule has 4 aliphatic rings. The number of hydrogen-bond donors (Lipinski definition) is 4. The molecule has 0 amide bonds. The Morgan fingerprint density at radius 1 is 0.885 bits per heavy atom. The maximum Gasteiger partial charge on any atom is 0.161 e. The molecule has 4 fully saturated rings. The van der Waals surface area contributed by atoms with Crippen LogP contribution in [-0.2, 0) is 4.79 Å². The van der Waals surface area contributed by atoms with Crippen LogP contribution in [0.4, 0.5) is 0 Å². The van der Waals surface area contributed by atoms with Crippen molar-refractivity contribution in [3.05, 3.63) is 0 Å². The van der Waals surface area contributed by atoms with Crippen LogP contribution in [0.2, 0.25) is 0 Å². The SMILES string of the molecule is CC(=O)[C@@]1(O)CC[C@H]2[C@@H]3[C@@H](O)[C@@H](O)[C@H]4C[C@@H](O)CC[C@]4(C)[C@H]3CC[C@@]21C. The van der Waals surface area contributed by atoms with Gasteiger partial charge in [0.1, 0.15) is 5.60 Å². The van der Waals surface area contributed by atoms with Crippen molar-refractivity contribution in [1.82, 2.24) is 0 Å². The molecule has 0 aromatic heterocycles. The summed E-state index contributed by atoms with van der Waals surface area (Å²) in [6.07, 6.45) is 2.90. The lowest BCUT2D eigenvalue weighted by Crippen LogP contribution is -2.65. The van der Waals surface area contributed by atoms with Crippen LogP contribution in [0.25, 0.3) is 0 Å². The maximum atomic E-state index is 12.3. The molecule has 0 spiro atoms. The molecule has 5 nitrogen and oxygen atoms in total. The van der Waals surface area contributed by atoms with Crippen molar-refractivity contribution in [2.75, 3.05) is 0 Å². The molecule has 5 heteroatoms. The van der Waals surface area contributed by atoms with Crippen molar-refractivity contribution in [2.45, 2.75) is 89.6 Å². The predicted molar refractivity (Wildman–Crippen MR) is 96.1 cm³/mol. The molecule has 4 aliphatic carbocycles. The van der Waals surface area contributed by atoms with E-state index in [-0.39, 0.29) is 34.9 Å². The summed E-state index contributed by atoms with van der Waals surface area (Å²) < 4.78 is 0. The molecule has 0 aromatic carbocycles. The summed E-state index contributed by atoms with van der Waals surface area (Å²) in [6, 6.07) is 0. The quantitative estimate of drug-likeness (QED) is 0.566. The monoisotopic (exact) mass is 366 g/mol. The van der Waals surface area contributed by atoms with Crippen LogP contribution in [0.15, 0.2) is 0 Å². The van der Waals surface area contributed by atoms with E-state index in [4.69, 9.17) is 0 Å². The number of rotatable bonds is 1. The number of fused-ring (bicyclic) bond motifs is 5. The average molecular weight is 366 g/mol. The van der Waals surface area contributed by atoms with Crippen molar-refractivity contribution in [3.63, 3.8) is 0 Å². The molecule has 4 rings (SSSR count). The first-order valence-electron chi connectivity index (χ1n) is 10.3. The number of carbonyl (C=O) groups excluding carboxylic acids is 1. The highest BCUT2D eigenvalue weighted by atomic mass is 16.3. The average Bonchev–Trinajstić information content (AvgIpc) is 2.87. The molecule has 0 aliphatic heterocycles. The Hall–Kier alpha value is -0.490. The van der Waals surface area contributed by atoms with Gasteiger partial charge in [-0.3, -0.25) is 4.79 Å². The maximum absolute atomic E-state index is 12.3. The lowest BCUT2D eigenvalue weighted by Gasteiger charge is -2.63. The Kier molecular flexibility index (Phi) is 4.17. The fourth-order valence-corrected chi connectivity index (χ4v) is 7.84. The number of Topliss-reactive ketones (excluding diaryl/α,β-unsaturated/α-hetero) is 1. The summed E-state index contributed by atoms with van der Waals surface area (Å²) in [5.41, 5.74) is -1.94. The Morgan fingerprint density at radius 2 is 1.54 bits per heavy atom. The fourth-order valence-electron chi connectivity index (χ4n) is 7.84. The van der Waals surface area contributed by atoms with Crippen LogP contribution in [-0.4, -0.2) is 50.1 Å². The zero-order valence-corrected chi connectivity index (χ0v) is 16.2. The van der Waals surface area contributed by atoms with Gasteiger partial charge in [0.15, 0.2) is 5.78 Å². The van der Waals surface area contributed by atoms with Gasteiger partial charge >= 0.3 is 0 Å². The van der Waals surface area contributed by atoms with Gasteiger partial charge in [-0.15, -0.1) is 0 Å². The summed E-state index contributed by atoms with van der Waals surface area (Å²) >= 11 is 0. The van der Waals surface area contributed by atoms with E-state index in [2.05, 4.69) is 6.92 Å². The topological polar surface area (TPSA) is 98.0 Å². The second-order valence-electron chi connectivity index (χ2n) is 10.2. The molecule has 0 unspecified atom stereocenters. The van der Waals surface area contributed by atoms with E-state index in [1.165, 1.54) is 6.92 Å². The molecule has 4 saturated carbocycles. The minimum Gasteiger partial charge on any atom is -0.393 e. The zero-order valence-electron chi connectivity index (χ0n) is 16.2. The van der Waals surface area contributed by atoms with Gasteiger partial charge in [0.25, 0.3) is 0 Å². The molecular formula is C21H34O5. The molecule has 0 heterocycles. The van der Waals surface area contributed by atoms with Gasteiger partial charge in [-0.25, -0.2) is 0 Å². The highest BCUT2D eigenvalue weighted by molar-refractivity contribution is 5.86. The van der Waals surface area contributed by atoms with Crippen molar-refractivity contribution in [2.24, 2.45) is 34.5 Å². The van der Waals surface area contributed by atoms with Gasteiger partial charge in [0, 0.05) is 5.41 Å². The third kappa shape index (κ3) is 2.15. The van der Waals surface area contributed by atoms with Crippen molar-refractivity contribution in [3.8, 4) is 0 Å². The van der Waals surface area contributed by atoms with Gasteiger partial charge in [0.05, 0.1) is 18.3 Å².